The van der Waals surface area contributed by atoms with E-state index in [1.807, 2.05) is 6.07 Å². The summed E-state index contributed by atoms with van der Waals surface area (Å²) in [7, 11) is 0. The van der Waals surface area contributed by atoms with E-state index in [2.05, 4.69) is 50.4 Å². The number of benzene rings is 1. The van der Waals surface area contributed by atoms with Crippen LogP contribution in [-0.4, -0.2) is 23.2 Å². The van der Waals surface area contributed by atoms with E-state index in [9.17, 15) is 0 Å². The zero-order chi connectivity index (χ0) is 13.2. The summed E-state index contributed by atoms with van der Waals surface area (Å²) in [6.07, 6.45) is 2.30. The molecule has 1 unspecified atom stereocenters. The molecular formula is C14H16BrN3O. The molecule has 2 heterocycles. The topological polar surface area (TPSA) is 51.0 Å². The average molecular weight is 322 g/mol. The number of hydrogen-bond donors (Lipinski definition) is 1. The zero-order valence-corrected chi connectivity index (χ0v) is 12.4. The third-order valence-electron chi connectivity index (χ3n) is 3.46. The molecule has 0 saturated carbocycles. The van der Waals surface area contributed by atoms with Gasteiger partial charge in [-0.05, 0) is 54.4 Å². The summed E-state index contributed by atoms with van der Waals surface area (Å²) in [5, 5.41) is 7.51. The van der Waals surface area contributed by atoms with E-state index in [-0.39, 0.29) is 0 Å². The van der Waals surface area contributed by atoms with Crippen molar-refractivity contribution in [3.05, 3.63) is 34.1 Å². The molecule has 1 aromatic heterocycles. The van der Waals surface area contributed by atoms with Crippen LogP contribution in [0.15, 0.2) is 27.2 Å². The molecule has 1 aromatic carbocycles. The van der Waals surface area contributed by atoms with Crippen molar-refractivity contribution in [1.82, 2.24) is 15.5 Å². The number of aromatic nitrogens is 2. The fourth-order valence-electron chi connectivity index (χ4n) is 2.39. The Morgan fingerprint density at radius 2 is 2.32 bits per heavy atom. The fourth-order valence-corrected chi connectivity index (χ4v) is 2.80. The summed E-state index contributed by atoms with van der Waals surface area (Å²) >= 11 is 3.53. The number of piperidine rings is 1. The van der Waals surface area contributed by atoms with Crippen LogP contribution < -0.4 is 5.32 Å². The van der Waals surface area contributed by atoms with Crippen molar-refractivity contribution in [2.75, 3.05) is 13.1 Å². The van der Waals surface area contributed by atoms with Gasteiger partial charge in [0.05, 0.1) is 5.56 Å². The van der Waals surface area contributed by atoms with Crippen molar-refractivity contribution < 1.29 is 4.52 Å². The van der Waals surface area contributed by atoms with Crippen molar-refractivity contribution in [1.29, 1.82) is 0 Å². The summed E-state index contributed by atoms with van der Waals surface area (Å²) < 4.78 is 6.40. The first-order valence-corrected chi connectivity index (χ1v) is 7.34. The predicted molar refractivity (Wildman–Crippen MR) is 77.0 cm³/mol. The Labute approximate surface area is 120 Å². The Kier molecular flexibility index (Phi) is 3.66. The summed E-state index contributed by atoms with van der Waals surface area (Å²) in [6.45, 7) is 4.08. The number of nitrogens with one attached hydrogen (secondary N) is 1. The highest BCUT2D eigenvalue weighted by molar-refractivity contribution is 9.10. The molecule has 4 nitrogen and oxygen atoms in total. The van der Waals surface area contributed by atoms with Gasteiger partial charge < -0.3 is 9.84 Å². The van der Waals surface area contributed by atoms with Crippen molar-refractivity contribution in [2.45, 2.75) is 25.7 Å². The van der Waals surface area contributed by atoms with Gasteiger partial charge in [0.1, 0.15) is 0 Å². The molecule has 5 heteroatoms. The molecule has 1 N–H and O–H groups in total. The highest BCUT2D eigenvalue weighted by Crippen LogP contribution is 2.29. The van der Waals surface area contributed by atoms with Gasteiger partial charge in [-0.25, -0.2) is 0 Å². The van der Waals surface area contributed by atoms with Gasteiger partial charge in [0.25, 0.3) is 5.89 Å². The first kappa shape index (κ1) is 12.8. The maximum absolute atomic E-state index is 5.42. The van der Waals surface area contributed by atoms with Crippen molar-refractivity contribution in [2.24, 2.45) is 0 Å². The molecule has 3 rings (SSSR count). The first-order valence-electron chi connectivity index (χ1n) is 6.55. The van der Waals surface area contributed by atoms with Crippen LogP contribution >= 0.6 is 15.9 Å². The molecule has 100 valence electrons. The highest BCUT2D eigenvalue weighted by Gasteiger charge is 2.21. The van der Waals surface area contributed by atoms with E-state index in [0.717, 1.165) is 35.4 Å². The molecule has 0 aliphatic carbocycles. The van der Waals surface area contributed by atoms with E-state index < -0.39 is 0 Å². The maximum Gasteiger partial charge on any atom is 0.259 e. The Morgan fingerprint density at radius 1 is 1.42 bits per heavy atom. The van der Waals surface area contributed by atoms with Gasteiger partial charge in [0, 0.05) is 16.9 Å². The SMILES string of the molecule is Cc1ccc(Br)c(-c2nc(C3CCCNC3)no2)c1. The van der Waals surface area contributed by atoms with Crippen LogP contribution in [0.2, 0.25) is 0 Å². The van der Waals surface area contributed by atoms with Crippen LogP contribution in [0, 0.1) is 6.92 Å². The largest absolute Gasteiger partial charge is 0.334 e. The van der Waals surface area contributed by atoms with Crippen LogP contribution in [0.3, 0.4) is 0 Å². The lowest BCUT2D eigenvalue weighted by Gasteiger charge is -2.19. The monoisotopic (exact) mass is 321 g/mol. The third-order valence-corrected chi connectivity index (χ3v) is 4.15. The number of rotatable bonds is 2. The molecule has 0 radical (unpaired) electrons. The van der Waals surface area contributed by atoms with E-state index >= 15 is 0 Å². The second-order valence-electron chi connectivity index (χ2n) is 4.98. The second kappa shape index (κ2) is 5.43. The molecular weight excluding hydrogens is 306 g/mol. The minimum atomic E-state index is 0.370. The van der Waals surface area contributed by atoms with Gasteiger partial charge in [-0.1, -0.05) is 16.8 Å². The van der Waals surface area contributed by atoms with Crippen LogP contribution in [0.4, 0.5) is 0 Å². The van der Waals surface area contributed by atoms with Gasteiger partial charge in [-0.15, -0.1) is 0 Å². The molecule has 1 aliphatic rings. The van der Waals surface area contributed by atoms with Gasteiger partial charge >= 0.3 is 0 Å². The van der Waals surface area contributed by atoms with E-state index in [1.54, 1.807) is 0 Å². The predicted octanol–water partition coefficient (Wildman–Crippen LogP) is 3.27. The van der Waals surface area contributed by atoms with E-state index in [0.29, 0.717) is 11.8 Å². The Hall–Kier alpha value is -1.20. The van der Waals surface area contributed by atoms with E-state index in [4.69, 9.17) is 4.52 Å². The number of hydrogen-bond acceptors (Lipinski definition) is 4. The zero-order valence-electron chi connectivity index (χ0n) is 10.8. The van der Waals surface area contributed by atoms with E-state index in [1.165, 1.54) is 12.0 Å². The smallest absolute Gasteiger partial charge is 0.259 e. The van der Waals surface area contributed by atoms with Crippen LogP contribution in [0.1, 0.15) is 30.1 Å². The molecule has 0 amide bonds. The summed E-state index contributed by atoms with van der Waals surface area (Å²) in [6, 6.07) is 6.12. The lowest BCUT2D eigenvalue weighted by Crippen LogP contribution is -2.28. The molecule has 0 bridgehead atoms. The van der Waals surface area contributed by atoms with Crippen LogP contribution in [-0.2, 0) is 0 Å². The standard InChI is InChI=1S/C14H16BrN3O/c1-9-4-5-12(15)11(7-9)14-17-13(18-19-14)10-3-2-6-16-8-10/h4-5,7,10,16H,2-3,6,8H2,1H3. The summed E-state index contributed by atoms with van der Waals surface area (Å²) in [5.74, 6) is 1.78. The molecule has 19 heavy (non-hydrogen) atoms. The van der Waals surface area contributed by atoms with Crippen molar-refractivity contribution in [3.63, 3.8) is 0 Å². The fraction of sp³-hybridized carbons (Fsp3) is 0.429. The normalized spacial score (nSPS) is 19.6. The molecule has 1 aliphatic heterocycles. The molecule has 1 saturated heterocycles. The lowest BCUT2D eigenvalue weighted by atomic mass is 9.99. The quantitative estimate of drug-likeness (QED) is 0.922. The minimum Gasteiger partial charge on any atom is -0.334 e. The molecule has 0 spiro atoms. The van der Waals surface area contributed by atoms with Crippen LogP contribution in [0.25, 0.3) is 11.5 Å². The van der Waals surface area contributed by atoms with Gasteiger partial charge in [-0.3, -0.25) is 0 Å². The maximum atomic E-state index is 5.42. The summed E-state index contributed by atoms with van der Waals surface area (Å²) in [5.41, 5.74) is 2.14. The number of nitrogens with zero attached hydrogens (tertiary/aromatic N) is 2. The van der Waals surface area contributed by atoms with Crippen molar-refractivity contribution >= 4 is 15.9 Å². The molecule has 1 atom stereocenters. The second-order valence-corrected chi connectivity index (χ2v) is 5.84. The Morgan fingerprint density at radius 3 is 3.11 bits per heavy atom. The van der Waals surface area contributed by atoms with Gasteiger partial charge in [0.15, 0.2) is 5.82 Å². The molecule has 2 aromatic rings. The van der Waals surface area contributed by atoms with Gasteiger partial charge in [-0.2, -0.15) is 4.98 Å². The number of halogens is 1. The van der Waals surface area contributed by atoms with Crippen LogP contribution in [0.5, 0.6) is 0 Å². The average Bonchev–Trinajstić information content (AvgIpc) is 2.92. The molecule has 1 fully saturated rings. The van der Waals surface area contributed by atoms with Gasteiger partial charge in [0.2, 0.25) is 0 Å². The lowest BCUT2D eigenvalue weighted by molar-refractivity contribution is 0.393. The summed E-state index contributed by atoms with van der Waals surface area (Å²) in [4.78, 5) is 4.56. The Bertz CT molecular complexity index is 576. The highest BCUT2D eigenvalue weighted by atomic mass is 79.9. The third kappa shape index (κ3) is 2.72. The Balaban J connectivity index is 1.89. The minimum absolute atomic E-state index is 0.370. The first-order chi connectivity index (χ1) is 9.24. The number of aryl methyl sites for hydroxylation is 1. The van der Waals surface area contributed by atoms with Crippen molar-refractivity contribution in [3.8, 4) is 11.5 Å².